The third-order valence-corrected chi connectivity index (χ3v) is 3.88. The molecule has 0 aliphatic rings. The number of nitrogens with two attached hydrogens (primary N) is 1. The van der Waals surface area contributed by atoms with E-state index in [1.807, 2.05) is 0 Å². The van der Waals surface area contributed by atoms with Gasteiger partial charge in [0.2, 0.25) is 10.0 Å². The fourth-order valence-electron chi connectivity index (χ4n) is 1.44. The Labute approximate surface area is 154 Å². The normalized spacial score (nSPS) is 12.4. The molecule has 0 aliphatic carbocycles. The van der Waals surface area contributed by atoms with Gasteiger partial charge in [-0.3, -0.25) is 4.99 Å². The largest absolute Gasteiger partial charge is 0.573 e. The number of hydrogen-bond acceptors (Lipinski definition) is 4. The molecular weight excluding hydrogens is 464 g/mol. The zero-order valence-corrected chi connectivity index (χ0v) is 15.8. The number of alkyl halides is 3. The molecule has 0 spiro atoms. The Kier molecular flexibility index (Phi) is 9.35. The second-order valence-corrected chi connectivity index (χ2v) is 6.33. The molecule has 0 aromatic heterocycles. The first-order valence-electron chi connectivity index (χ1n) is 6.52. The van der Waals surface area contributed by atoms with E-state index < -0.39 is 22.1 Å². The zero-order valence-electron chi connectivity index (χ0n) is 12.6. The highest BCUT2D eigenvalue weighted by Crippen LogP contribution is 2.29. The van der Waals surface area contributed by atoms with E-state index in [1.165, 1.54) is 25.1 Å². The molecular formula is C12H18F3IN4O3S. The van der Waals surface area contributed by atoms with Gasteiger partial charge in [-0.1, -0.05) is 12.1 Å². The van der Waals surface area contributed by atoms with E-state index in [-0.39, 0.29) is 54.5 Å². The summed E-state index contributed by atoms with van der Waals surface area (Å²) in [5, 5.41) is 2.47. The van der Waals surface area contributed by atoms with Crippen molar-refractivity contribution in [2.75, 3.05) is 24.2 Å². The smallest absolute Gasteiger partial charge is 0.404 e. The number of anilines is 1. The SMILES string of the molecule is CCS(=O)(=O)NCCN=C(N)Nc1ccccc1OC(F)(F)F.I. The summed E-state index contributed by atoms with van der Waals surface area (Å²) in [7, 11) is -3.33. The number of guanidine groups is 1. The first-order valence-corrected chi connectivity index (χ1v) is 8.17. The molecule has 0 radical (unpaired) electrons. The van der Waals surface area contributed by atoms with Crippen LogP contribution in [-0.2, 0) is 10.0 Å². The second-order valence-electron chi connectivity index (χ2n) is 4.23. The van der Waals surface area contributed by atoms with Crippen molar-refractivity contribution < 1.29 is 26.3 Å². The maximum atomic E-state index is 12.3. The quantitative estimate of drug-likeness (QED) is 0.238. The summed E-state index contributed by atoms with van der Waals surface area (Å²) in [6.45, 7) is 1.54. The fraction of sp³-hybridized carbons (Fsp3) is 0.417. The van der Waals surface area contributed by atoms with Crippen molar-refractivity contribution in [1.82, 2.24) is 4.72 Å². The molecule has 0 fully saturated rings. The van der Waals surface area contributed by atoms with Gasteiger partial charge >= 0.3 is 6.36 Å². The van der Waals surface area contributed by atoms with Crippen LogP contribution >= 0.6 is 24.0 Å². The standard InChI is InChI=1S/C12H17F3N4O3S.HI/c1-2-23(20,21)18-8-7-17-11(16)19-9-5-3-4-6-10(9)22-12(13,14)15;/h3-6,18H,2,7-8H2,1H3,(H3,16,17,19);1H. The van der Waals surface area contributed by atoms with E-state index in [0.29, 0.717) is 0 Å². The van der Waals surface area contributed by atoms with Crippen LogP contribution in [0.3, 0.4) is 0 Å². The Balaban J connectivity index is 0.00000529. The summed E-state index contributed by atoms with van der Waals surface area (Å²) in [6.07, 6.45) is -4.83. The molecule has 0 bridgehead atoms. The molecule has 138 valence electrons. The molecule has 7 nitrogen and oxygen atoms in total. The van der Waals surface area contributed by atoms with E-state index in [2.05, 4.69) is 19.8 Å². The number of para-hydroxylation sites is 2. The van der Waals surface area contributed by atoms with Crippen molar-refractivity contribution in [1.29, 1.82) is 0 Å². The Morgan fingerprint density at radius 1 is 1.33 bits per heavy atom. The predicted molar refractivity (Wildman–Crippen MR) is 96.1 cm³/mol. The summed E-state index contributed by atoms with van der Waals surface area (Å²) < 4.78 is 65.3. The van der Waals surface area contributed by atoms with E-state index in [1.54, 1.807) is 0 Å². The molecule has 0 saturated carbocycles. The first-order chi connectivity index (χ1) is 10.6. The van der Waals surface area contributed by atoms with E-state index in [9.17, 15) is 21.6 Å². The zero-order chi connectivity index (χ0) is 17.5. The van der Waals surface area contributed by atoms with Crippen molar-refractivity contribution >= 4 is 45.6 Å². The van der Waals surface area contributed by atoms with E-state index >= 15 is 0 Å². The number of halogens is 4. The Morgan fingerprint density at radius 3 is 2.54 bits per heavy atom. The van der Waals surface area contributed by atoms with Crippen LogP contribution in [-0.4, -0.2) is 39.6 Å². The summed E-state index contributed by atoms with van der Waals surface area (Å²) in [4.78, 5) is 3.81. The summed E-state index contributed by atoms with van der Waals surface area (Å²) >= 11 is 0. The summed E-state index contributed by atoms with van der Waals surface area (Å²) in [5.74, 6) is -0.684. The number of rotatable bonds is 7. The van der Waals surface area contributed by atoms with Gasteiger partial charge in [-0.05, 0) is 19.1 Å². The number of nitrogens with zero attached hydrogens (tertiary/aromatic N) is 1. The number of nitrogens with one attached hydrogen (secondary N) is 2. The maximum absolute atomic E-state index is 12.3. The Hall–Kier alpha value is -1.28. The highest BCUT2D eigenvalue weighted by molar-refractivity contribution is 14.0. The lowest BCUT2D eigenvalue weighted by atomic mass is 10.3. The molecule has 0 heterocycles. The van der Waals surface area contributed by atoms with Crippen LogP contribution in [0.25, 0.3) is 0 Å². The second kappa shape index (κ2) is 9.88. The van der Waals surface area contributed by atoms with Crippen LogP contribution in [0.5, 0.6) is 5.75 Å². The summed E-state index contributed by atoms with van der Waals surface area (Å²) in [5.41, 5.74) is 5.53. The molecule has 0 aliphatic heterocycles. The lowest BCUT2D eigenvalue weighted by molar-refractivity contribution is -0.274. The minimum atomic E-state index is -4.83. The van der Waals surface area contributed by atoms with Gasteiger partial charge < -0.3 is 15.8 Å². The van der Waals surface area contributed by atoms with Gasteiger partial charge in [-0.2, -0.15) is 0 Å². The molecule has 0 unspecified atom stereocenters. The lowest BCUT2D eigenvalue weighted by Crippen LogP contribution is -2.29. The van der Waals surface area contributed by atoms with Crippen molar-refractivity contribution in [3.63, 3.8) is 0 Å². The van der Waals surface area contributed by atoms with Crippen LogP contribution in [0.15, 0.2) is 29.3 Å². The molecule has 12 heteroatoms. The van der Waals surface area contributed by atoms with Gasteiger partial charge in [-0.15, -0.1) is 37.1 Å². The Bertz CT molecular complexity index is 653. The molecule has 0 amide bonds. The lowest BCUT2D eigenvalue weighted by Gasteiger charge is -2.14. The number of aliphatic imine (C=N–C) groups is 1. The maximum Gasteiger partial charge on any atom is 0.573 e. The van der Waals surface area contributed by atoms with Crippen LogP contribution in [0.4, 0.5) is 18.9 Å². The van der Waals surface area contributed by atoms with E-state index in [0.717, 1.165) is 6.07 Å². The minimum Gasteiger partial charge on any atom is -0.404 e. The number of ether oxygens (including phenoxy) is 1. The highest BCUT2D eigenvalue weighted by atomic mass is 127. The fourth-order valence-corrected chi connectivity index (χ4v) is 2.05. The molecule has 4 N–H and O–H groups in total. The van der Waals surface area contributed by atoms with Gasteiger partial charge in [0.1, 0.15) is 0 Å². The monoisotopic (exact) mass is 482 g/mol. The van der Waals surface area contributed by atoms with Crippen molar-refractivity contribution in [3.05, 3.63) is 24.3 Å². The third kappa shape index (κ3) is 9.12. The number of sulfonamides is 1. The molecule has 1 rings (SSSR count). The molecule has 24 heavy (non-hydrogen) atoms. The average Bonchev–Trinajstić information content (AvgIpc) is 2.44. The van der Waals surface area contributed by atoms with Crippen LogP contribution in [0.2, 0.25) is 0 Å². The van der Waals surface area contributed by atoms with Crippen LogP contribution in [0, 0.1) is 0 Å². The topological polar surface area (TPSA) is 106 Å². The molecule has 1 aromatic carbocycles. The summed E-state index contributed by atoms with van der Waals surface area (Å²) in [6, 6.07) is 5.33. The Morgan fingerprint density at radius 2 is 1.96 bits per heavy atom. The predicted octanol–water partition coefficient (Wildman–Crippen LogP) is 1.87. The molecule has 1 aromatic rings. The van der Waals surface area contributed by atoms with Gasteiger partial charge in [0.25, 0.3) is 0 Å². The third-order valence-electron chi connectivity index (χ3n) is 2.47. The highest BCUT2D eigenvalue weighted by Gasteiger charge is 2.32. The van der Waals surface area contributed by atoms with Gasteiger partial charge in [0.15, 0.2) is 11.7 Å². The number of benzene rings is 1. The minimum absolute atomic E-state index is 0. The van der Waals surface area contributed by atoms with Gasteiger partial charge in [-0.25, -0.2) is 13.1 Å². The van der Waals surface area contributed by atoms with Crippen LogP contribution < -0.4 is 20.5 Å². The van der Waals surface area contributed by atoms with Gasteiger partial charge in [0, 0.05) is 6.54 Å². The van der Waals surface area contributed by atoms with Crippen LogP contribution in [0.1, 0.15) is 6.92 Å². The van der Waals surface area contributed by atoms with Crippen molar-refractivity contribution in [2.24, 2.45) is 10.7 Å². The van der Waals surface area contributed by atoms with E-state index in [4.69, 9.17) is 5.73 Å². The average molecular weight is 482 g/mol. The first kappa shape index (κ1) is 22.7. The molecule has 0 atom stereocenters. The van der Waals surface area contributed by atoms with Crippen molar-refractivity contribution in [2.45, 2.75) is 13.3 Å². The van der Waals surface area contributed by atoms with Crippen molar-refractivity contribution in [3.8, 4) is 5.75 Å². The number of hydrogen-bond donors (Lipinski definition) is 3. The van der Waals surface area contributed by atoms with Gasteiger partial charge in [0.05, 0.1) is 18.0 Å². The molecule has 0 saturated heterocycles.